The minimum atomic E-state index is -1.46. The van der Waals surface area contributed by atoms with E-state index in [-0.39, 0.29) is 195 Å². The second-order valence-corrected chi connectivity index (χ2v) is 38.8. The molecule has 0 aromatic carbocycles. The molecule has 20 N–H and O–H groups in total. The molecule has 0 spiro atoms. The number of carbonyl (C=O) groups excluding carboxylic acids is 12. The fourth-order valence-electron chi connectivity index (χ4n) is 15.9. The molecule has 15 unspecified atom stereocenters. The van der Waals surface area contributed by atoms with Crippen LogP contribution in [0.25, 0.3) is 0 Å². The summed E-state index contributed by atoms with van der Waals surface area (Å²) in [6.45, 7) is 10.4. The largest absolute Gasteiger partial charge is 0.450 e. The van der Waals surface area contributed by atoms with Gasteiger partial charge in [-0.3, -0.25) is 43.2 Å². The Kier molecular flexibility index (Phi) is 65.4. The number of nitrogens with one attached hydrogen (secondary N) is 11. The molecule has 4 aliphatic rings. The third kappa shape index (κ3) is 53.4. The van der Waals surface area contributed by atoms with E-state index >= 15 is 0 Å². The molecule has 4 heterocycles. The molecule has 4 rings (SSSR count). The predicted molar refractivity (Wildman–Crippen MR) is 507 cm³/mol. The van der Waals surface area contributed by atoms with Gasteiger partial charge in [-0.1, -0.05) is 60.1 Å². The Bertz CT molecular complexity index is 3240. The van der Waals surface area contributed by atoms with Crippen LogP contribution in [0, 0.1) is 0 Å². The molecule has 139 heavy (non-hydrogen) atoms. The van der Waals surface area contributed by atoms with E-state index in [2.05, 4.69) is 72.3 Å². The lowest BCUT2D eigenvalue weighted by atomic mass is 9.83. The summed E-state index contributed by atoms with van der Waals surface area (Å²) in [5.74, 6) is -1.91. The van der Waals surface area contributed by atoms with E-state index in [1.165, 1.54) is 20.8 Å². The van der Waals surface area contributed by atoms with Crippen LogP contribution in [0.15, 0.2) is 0 Å². The maximum atomic E-state index is 14.2. The third-order valence-electron chi connectivity index (χ3n) is 23.5. The summed E-state index contributed by atoms with van der Waals surface area (Å²) in [6.07, 6.45) is -4.28. The van der Waals surface area contributed by atoms with Crippen molar-refractivity contribution in [3.63, 3.8) is 0 Å². The van der Waals surface area contributed by atoms with E-state index in [4.69, 9.17) is 61.6 Å². The molecular weight excluding hydrogens is 1870 g/mol. The average Bonchev–Trinajstić information content (AvgIpc) is 1.16. The smallest absolute Gasteiger partial charge is 0.407 e. The molecule has 4 aliphatic heterocycles. The van der Waals surface area contributed by atoms with Crippen molar-refractivity contribution in [1.29, 1.82) is 0 Å². The van der Waals surface area contributed by atoms with Gasteiger partial charge in [-0.05, 0) is 129 Å². The molecule has 0 aliphatic carbocycles. The Morgan fingerprint density at radius 3 is 1.09 bits per heavy atom. The fourth-order valence-corrected chi connectivity index (χ4v) is 18.3. The first kappa shape index (κ1) is 124. The zero-order chi connectivity index (χ0) is 102. The average molecular weight is 2030 g/mol. The van der Waals surface area contributed by atoms with Crippen LogP contribution in [0.4, 0.5) is 14.4 Å². The molecule has 0 radical (unpaired) electrons. The second kappa shape index (κ2) is 73.1. The van der Waals surface area contributed by atoms with Gasteiger partial charge < -0.3 is 171 Å². The van der Waals surface area contributed by atoms with Crippen molar-refractivity contribution < 1.29 is 165 Å². The van der Waals surface area contributed by atoms with Gasteiger partial charge in [-0.2, -0.15) is 0 Å². The molecule has 0 bridgehead atoms. The summed E-state index contributed by atoms with van der Waals surface area (Å²) in [5, 5.41) is 122. The summed E-state index contributed by atoms with van der Waals surface area (Å²) in [6, 6.07) is -3.34. The molecule has 0 saturated carbocycles. The van der Waals surface area contributed by atoms with Gasteiger partial charge in [0.2, 0.25) is 53.2 Å². The highest BCUT2D eigenvalue weighted by atomic mass is 33.1. The molecular formula is C91H164N12O34S2. The van der Waals surface area contributed by atoms with Crippen molar-refractivity contribution in [3.05, 3.63) is 0 Å². The Morgan fingerprint density at radius 1 is 0.381 bits per heavy atom. The van der Waals surface area contributed by atoms with Gasteiger partial charge in [0, 0.05) is 142 Å². The van der Waals surface area contributed by atoms with Gasteiger partial charge in [0.05, 0.1) is 105 Å². The maximum absolute atomic E-state index is 14.2. The van der Waals surface area contributed by atoms with Crippen LogP contribution in [-0.2, 0) is 105 Å². The summed E-state index contributed by atoms with van der Waals surface area (Å²) >= 11 is 0. The predicted octanol–water partition coefficient (Wildman–Crippen LogP) is 0.134. The number of alkyl carbamates (subject to hydrolysis) is 3. The normalized spacial score (nSPS) is 23.4. The SMILES string of the molecule is COC[C@H]1C[C@H](OC)CN1C(=O)CCCNC(=O)CCC(C)(C)SSCCOCCOCCC(=O)NC(CCCOC(=O)NCCCCCCNC(=O)CCCOC1OC(CO)C(O)C(O)C1NC(C)=O)(CCCOC(=O)NCCCCCCNC(=O)CCCOC1OC(CO)C(O)C(O)C1NC(C)=O)CCCOC(=O)NCCCCCCNC(=O)CCCOC1OC(CO)C(O)C(O)C1NC(C)=O. The first-order valence-electron chi connectivity index (χ1n) is 49.1. The molecule has 4 fully saturated rings. The number of methoxy groups -OCH3 is 2. The number of aliphatic hydroxyl groups excluding tert-OH is 9. The van der Waals surface area contributed by atoms with Crippen molar-refractivity contribution in [2.45, 2.75) is 342 Å². The molecule has 4 saturated heterocycles. The summed E-state index contributed by atoms with van der Waals surface area (Å²) < 4.78 is 73.0. The van der Waals surface area contributed by atoms with Crippen LogP contribution in [0.3, 0.4) is 0 Å². The van der Waals surface area contributed by atoms with Crippen molar-refractivity contribution in [1.82, 2.24) is 63.4 Å². The van der Waals surface area contributed by atoms with Crippen molar-refractivity contribution in [2.24, 2.45) is 0 Å². The number of nitrogens with zero attached hydrogens (tertiary/aromatic N) is 1. The number of hydrogen-bond acceptors (Lipinski definition) is 36. The maximum Gasteiger partial charge on any atom is 0.407 e. The summed E-state index contributed by atoms with van der Waals surface area (Å²) in [4.78, 5) is 154. The van der Waals surface area contributed by atoms with Gasteiger partial charge in [-0.25, -0.2) is 14.4 Å². The second-order valence-electron chi connectivity index (χ2n) is 35.7. The first-order chi connectivity index (χ1) is 66.7. The number of ether oxygens (including phenoxy) is 13. The lowest BCUT2D eigenvalue weighted by Crippen LogP contribution is -2.64. The molecule has 46 nitrogen and oxygen atoms in total. The van der Waals surface area contributed by atoms with Crippen molar-refractivity contribution in [3.8, 4) is 0 Å². The standard InChI is InChI=1S/C91H164N12O34S2/c1-61(107)99-75-81(119)78(116)66(57-104)135-84(75)129-44-21-27-69(110)92-37-14-8-11-17-40-96-87(122)132-47-24-33-91(34-25-48-133-88(123)97-41-18-12-9-15-38-93-70(111)28-22-45-130-85-76(100-62(2)108)82(120)79(117)67(58-105)136-85,35-26-49-134-89(124)98-42-19-13-10-16-39-94-71(112)29-23-46-131-86-77(101-63(3)109)83(121)80(118)68(59-106)137-86)102-73(114)32-50-127-51-52-128-53-54-138-139-90(4,5)36-31-72(113)95-43-20-30-74(115)103-56-65(126-7)55-64(103)60-125-6/h64-68,75-86,104-106,116-121H,8-60H2,1-7H3,(H,92,110)(H,93,111)(H,94,112)(H,95,113)(H,96,122)(H,97,123)(H,98,124)(H,99,107)(H,100,108)(H,101,109)(H,102,114)/t64-,65+,66?,67?,68?,75?,76?,77?,78?,79?,80?,81?,82?,83?,84?,85?,86?,91?/m1/s1. The van der Waals surface area contributed by atoms with Crippen LogP contribution in [0.5, 0.6) is 0 Å². The van der Waals surface area contributed by atoms with Gasteiger partial charge >= 0.3 is 18.3 Å². The topological polar surface area (TPSA) is 642 Å². The molecule has 0 aromatic heterocycles. The van der Waals surface area contributed by atoms with E-state index in [0.717, 1.165) is 44.9 Å². The minimum Gasteiger partial charge on any atom is -0.450 e. The van der Waals surface area contributed by atoms with Crippen molar-refractivity contribution in [2.75, 3.05) is 165 Å². The summed E-state index contributed by atoms with van der Waals surface area (Å²) in [7, 11) is 6.54. The van der Waals surface area contributed by atoms with Gasteiger partial charge in [0.15, 0.2) is 18.9 Å². The summed E-state index contributed by atoms with van der Waals surface area (Å²) in [5.41, 5.74) is -1.02. The molecule has 0 aromatic rings. The van der Waals surface area contributed by atoms with Crippen molar-refractivity contribution >= 4 is 93.0 Å². The van der Waals surface area contributed by atoms with E-state index in [9.17, 15) is 103 Å². The minimum absolute atomic E-state index is 0.0160. The Labute approximate surface area is 824 Å². The number of rotatable bonds is 76. The quantitative estimate of drug-likeness (QED) is 0.0219. The van der Waals surface area contributed by atoms with Gasteiger partial charge in [-0.15, -0.1) is 0 Å². The lowest BCUT2D eigenvalue weighted by Gasteiger charge is -2.42. The number of hydrogen-bond donors (Lipinski definition) is 20. The highest BCUT2D eigenvalue weighted by Crippen LogP contribution is 2.39. The highest BCUT2D eigenvalue weighted by Gasteiger charge is 2.49. The van der Waals surface area contributed by atoms with E-state index in [1.807, 2.05) is 4.90 Å². The molecule has 17 atom stereocenters. The van der Waals surface area contributed by atoms with Gasteiger partial charge in [0.25, 0.3) is 0 Å². The van der Waals surface area contributed by atoms with Crippen LogP contribution < -0.4 is 58.5 Å². The molecule has 12 amide bonds. The number of carbonyl (C=O) groups is 12. The number of amides is 12. The third-order valence-corrected chi connectivity index (χ3v) is 26.8. The van der Waals surface area contributed by atoms with Crippen LogP contribution in [0.2, 0.25) is 0 Å². The van der Waals surface area contributed by atoms with E-state index in [1.54, 1.807) is 35.8 Å². The Morgan fingerprint density at radius 2 is 0.734 bits per heavy atom. The van der Waals surface area contributed by atoms with Crippen LogP contribution in [-0.4, -0.2) is 401 Å². The Hall–Kier alpha value is -7.02. The highest BCUT2D eigenvalue weighted by molar-refractivity contribution is 8.77. The van der Waals surface area contributed by atoms with E-state index < -0.39 is 153 Å². The number of likely N-dealkylation sites (tertiary alicyclic amines) is 1. The fraction of sp³-hybridized carbons (Fsp3) is 0.868. The molecule has 48 heteroatoms. The first-order valence-corrected chi connectivity index (χ1v) is 51.4. The van der Waals surface area contributed by atoms with Gasteiger partial charge in [0.1, 0.15) is 73.1 Å². The lowest BCUT2D eigenvalue weighted by molar-refractivity contribution is -0.270. The zero-order valence-corrected chi connectivity index (χ0v) is 83.9. The van der Waals surface area contributed by atoms with Crippen LogP contribution >= 0.6 is 21.6 Å². The Balaban J connectivity index is 1.29. The number of aliphatic hydroxyl groups is 9. The molecule has 804 valence electrons. The number of unbranched alkanes of at least 4 members (excludes halogenated alkanes) is 9. The van der Waals surface area contributed by atoms with E-state index in [0.29, 0.717) is 136 Å². The van der Waals surface area contributed by atoms with Crippen LogP contribution in [0.1, 0.15) is 227 Å². The monoisotopic (exact) mass is 2030 g/mol. The zero-order valence-electron chi connectivity index (χ0n) is 82.3.